The van der Waals surface area contributed by atoms with Crippen LogP contribution in [0.5, 0.6) is 5.75 Å². The molecule has 9 heteroatoms. The van der Waals surface area contributed by atoms with Crippen LogP contribution in [0, 0.1) is 6.92 Å². The van der Waals surface area contributed by atoms with Gasteiger partial charge in [0.25, 0.3) is 5.91 Å². The van der Waals surface area contributed by atoms with E-state index in [1.54, 1.807) is 42.2 Å². The van der Waals surface area contributed by atoms with E-state index in [1.807, 2.05) is 24.3 Å². The Morgan fingerprint density at radius 1 is 1.17 bits per heavy atom. The van der Waals surface area contributed by atoms with Gasteiger partial charge in [-0.15, -0.1) is 0 Å². The highest BCUT2D eigenvalue weighted by Crippen LogP contribution is 2.19. The second kappa shape index (κ2) is 8.34. The number of carbonyl (C=O) groups excluding carboxylic acids is 1. The summed E-state index contributed by atoms with van der Waals surface area (Å²) in [6, 6.07) is 14.4. The van der Waals surface area contributed by atoms with Gasteiger partial charge in [0.15, 0.2) is 6.61 Å². The minimum Gasteiger partial charge on any atom is -0.485 e. The summed E-state index contributed by atoms with van der Waals surface area (Å²) in [5.74, 6) is 1.35. The number of para-hydroxylation sites is 1. The maximum atomic E-state index is 12.6. The fourth-order valence-corrected chi connectivity index (χ4v) is 2.71. The smallest absolute Gasteiger partial charge is 0.255 e. The number of aryl methyl sites for hydroxylation is 1. The quantitative estimate of drug-likeness (QED) is 0.517. The van der Waals surface area contributed by atoms with Crippen molar-refractivity contribution in [3.8, 4) is 5.75 Å². The van der Waals surface area contributed by atoms with Crippen LogP contribution in [0.1, 0.15) is 27.6 Å². The normalized spacial score (nSPS) is 10.7. The van der Waals surface area contributed by atoms with Gasteiger partial charge in [-0.05, 0) is 35.9 Å². The van der Waals surface area contributed by atoms with Gasteiger partial charge in [0.1, 0.15) is 18.4 Å². The van der Waals surface area contributed by atoms with E-state index >= 15 is 0 Å². The van der Waals surface area contributed by atoms with E-state index in [9.17, 15) is 4.79 Å². The second-order valence-electron chi connectivity index (χ2n) is 6.25. The van der Waals surface area contributed by atoms with Crippen molar-refractivity contribution in [3.63, 3.8) is 0 Å². The molecule has 146 valence electrons. The zero-order valence-corrected chi connectivity index (χ0v) is 15.6. The third-order valence-corrected chi connectivity index (χ3v) is 4.12. The van der Waals surface area contributed by atoms with Gasteiger partial charge >= 0.3 is 0 Å². The highest BCUT2D eigenvalue weighted by molar-refractivity contribution is 6.04. The van der Waals surface area contributed by atoms with Crippen LogP contribution in [-0.2, 0) is 13.2 Å². The summed E-state index contributed by atoms with van der Waals surface area (Å²) < 4.78 is 12.2. The first-order valence-electron chi connectivity index (χ1n) is 8.91. The fraction of sp³-hybridized carbons (Fsp3) is 0.150. The van der Waals surface area contributed by atoms with E-state index < -0.39 is 0 Å². The first-order valence-corrected chi connectivity index (χ1v) is 8.91. The Morgan fingerprint density at radius 2 is 2.00 bits per heavy atom. The van der Waals surface area contributed by atoms with Crippen molar-refractivity contribution >= 4 is 11.6 Å². The Kier molecular flexibility index (Phi) is 5.28. The number of carbonyl (C=O) groups is 1. The molecule has 0 aliphatic carbocycles. The SMILES string of the molecule is Cc1nc(COc2ccc(C(=O)Nc3ccccc3Cn3cncn3)cc2)no1. The summed E-state index contributed by atoms with van der Waals surface area (Å²) in [5.41, 5.74) is 2.17. The molecular weight excluding hydrogens is 372 g/mol. The molecule has 0 aliphatic rings. The lowest BCUT2D eigenvalue weighted by molar-refractivity contribution is 0.102. The fourth-order valence-electron chi connectivity index (χ4n) is 2.71. The van der Waals surface area contributed by atoms with Crippen LogP contribution in [0.15, 0.2) is 65.7 Å². The summed E-state index contributed by atoms with van der Waals surface area (Å²) >= 11 is 0. The van der Waals surface area contributed by atoms with Crippen LogP contribution < -0.4 is 10.1 Å². The molecule has 1 N–H and O–H groups in total. The number of nitrogens with zero attached hydrogens (tertiary/aromatic N) is 5. The zero-order valence-electron chi connectivity index (χ0n) is 15.6. The van der Waals surface area contributed by atoms with Crippen molar-refractivity contribution in [3.05, 3.63) is 84.0 Å². The number of hydrogen-bond donors (Lipinski definition) is 1. The van der Waals surface area contributed by atoms with Crippen molar-refractivity contribution in [2.75, 3.05) is 5.32 Å². The van der Waals surface area contributed by atoms with Crippen LogP contribution in [0.25, 0.3) is 0 Å². The Hall–Kier alpha value is -4.01. The number of anilines is 1. The highest BCUT2D eigenvalue weighted by Gasteiger charge is 2.10. The molecule has 4 aromatic rings. The van der Waals surface area contributed by atoms with Gasteiger partial charge in [0.05, 0.1) is 6.54 Å². The van der Waals surface area contributed by atoms with E-state index in [0.717, 1.165) is 11.3 Å². The average Bonchev–Trinajstić information content (AvgIpc) is 3.40. The van der Waals surface area contributed by atoms with Gasteiger partial charge in [0, 0.05) is 18.2 Å². The standard InChI is InChI=1S/C20H18N6O3/c1-14-23-19(25-29-14)11-28-17-8-6-15(7-9-17)20(27)24-18-5-3-2-4-16(18)10-26-13-21-12-22-26/h2-9,12-13H,10-11H2,1H3,(H,24,27). The van der Waals surface area contributed by atoms with Gasteiger partial charge in [0.2, 0.25) is 11.7 Å². The minimum absolute atomic E-state index is 0.193. The molecule has 0 spiro atoms. The molecule has 0 bridgehead atoms. The molecular formula is C20H18N6O3. The third-order valence-electron chi connectivity index (χ3n) is 4.12. The van der Waals surface area contributed by atoms with Gasteiger partial charge in [-0.1, -0.05) is 23.4 Å². The monoisotopic (exact) mass is 390 g/mol. The lowest BCUT2D eigenvalue weighted by Crippen LogP contribution is -2.14. The number of rotatable bonds is 7. The van der Waals surface area contributed by atoms with Crippen LogP contribution in [0.3, 0.4) is 0 Å². The topological polar surface area (TPSA) is 108 Å². The van der Waals surface area contributed by atoms with E-state index in [0.29, 0.717) is 29.6 Å². The second-order valence-corrected chi connectivity index (χ2v) is 6.25. The third kappa shape index (κ3) is 4.64. The number of aromatic nitrogens is 5. The number of amides is 1. The summed E-state index contributed by atoms with van der Waals surface area (Å²) in [7, 11) is 0. The molecule has 29 heavy (non-hydrogen) atoms. The molecule has 0 unspecified atom stereocenters. The summed E-state index contributed by atoms with van der Waals surface area (Å²) in [6.45, 7) is 2.42. The Morgan fingerprint density at radius 3 is 2.72 bits per heavy atom. The minimum atomic E-state index is -0.212. The van der Waals surface area contributed by atoms with Crippen molar-refractivity contribution < 1.29 is 14.1 Å². The molecule has 0 radical (unpaired) electrons. The largest absolute Gasteiger partial charge is 0.485 e. The van der Waals surface area contributed by atoms with Crippen LogP contribution >= 0.6 is 0 Å². The maximum Gasteiger partial charge on any atom is 0.255 e. The lowest BCUT2D eigenvalue weighted by atomic mass is 10.1. The van der Waals surface area contributed by atoms with Crippen molar-refractivity contribution in [2.24, 2.45) is 0 Å². The molecule has 1 amide bonds. The molecule has 0 aliphatic heterocycles. The molecule has 2 aromatic carbocycles. The highest BCUT2D eigenvalue weighted by atomic mass is 16.5. The van der Waals surface area contributed by atoms with E-state index in [-0.39, 0.29) is 12.5 Å². The molecule has 0 saturated carbocycles. The Balaban J connectivity index is 1.40. The van der Waals surface area contributed by atoms with Gasteiger partial charge in [-0.3, -0.25) is 4.79 Å². The zero-order chi connectivity index (χ0) is 20.1. The molecule has 0 fully saturated rings. The number of nitrogens with one attached hydrogen (secondary N) is 1. The first kappa shape index (κ1) is 18.4. The van der Waals surface area contributed by atoms with E-state index in [1.165, 1.54) is 6.33 Å². The molecule has 2 aromatic heterocycles. The summed E-state index contributed by atoms with van der Waals surface area (Å²) in [4.78, 5) is 20.7. The molecule has 2 heterocycles. The van der Waals surface area contributed by atoms with Crippen molar-refractivity contribution in [1.29, 1.82) is 0 Å². The molecule has 4 rings (SSSR count). The number of ether oxygens (including phenoxy) is 1. The van der Waals surface area contributed by atoms with Crippen LogP contribution in [0.2, 0.25) is 0 Å². The van der Waals surface area contributed by atoms with Crippen molar-refractivity contribution in [1.82, 2.24) is 24.9 Å². The molecule has 0 saturated heterocycles. The molecule has 9 nitrogen and oxygen atoms in total. The number of benzene rings is 2. The summed E-state index contributed by atoms with van der Waals surface area (Å²) in [5, 5.41) is 10.8. The first-order chi connectivity index (χ1) is 14.2. The molecule has 0 atom stereocenters. The van der Waals surface area contributed by atoms with Crippen LogP contribution in [-0.4, -0.2) is 30.8 Å². The van der Waals surface area contributed by atoms with E-state index in [4.69, 9.17) is 9.26 Å². The number of hydrogen-bond acceptors (Lipinski definition) is 7. The van der Waals surface area contributed by atoms with Gasteiger partial charge in [-0.2, -0.15) is 10.1 Å². The van der Waals surface area contributed by atoms with Crippen LogP contribution in [0.4, 0.5) is 5.69 Å². The van der Waals surface area contributed by atoms with Crippen molar-refractivity contribution in [2.45, 2.75) is 20.1 Å². The predicted molar refractivity (Wildman–Crippen MR) is 103 cm³/mol. The lowest BCUT2D eigenvalue weighted by Gasteiger charge is -2.11. The average molecular weight is 390 g/mol. The predicted octanol–water partition coefficient (Wildman–Crippen LogP) is 2.85. The van der Waals surface area contributed by atoms with E-state index in [2.05, 4.69) is 25.5 Å². The van der Waals surface area contributed by atoms with Gasteiger partial charge < -0.3 is 14.6 Å². The van der Waals surface area contributed by atoms with Gasteiger partial charge in [-0.25, -0.2) is 9.67 Å². The summed E-state index contributed by atoms with van der Waals surface area (Å²) in [6.07, 6.45) is 3.11. The Labute approximate surface area is 166 Å². The Bertz CT molecular complexity index is 1090. The maximum absolute atomic E-state index is 12.6.